The molecule has 0 spiro atoms. The fourth-order valence-electron chi connectivity index (χ4n) is 4.57. The van der Waals surface area contributed by atoms with Crippen molar-refractivity contribution in [1.82, 2.24) is 9.78 Å². The Morgan fingerprint density at radius 1 is 1.28 bits per heavy atom. The van der Waals surface area contributed by atoms with E-state index in [-0.39, 0.29) is 11.6 Å². The number of nitriles is 1. The Morgan fingerprint density at radius 3 is 2.78 bits per heavy atom. The third kappa shape index (κ3) is 2.82. The van der Waals surface area contributed by atoms with Crippen molar-refractivity contribution < 1.29 is 19.4 Å². The second kappa shape index (κ2) is 7.46. The molecule has 1 atom stereocenters. The van der Waals surface area contributed by atoms with Crippen LogP contribution in [-0.4, -0.2) is 34.5 Å². The number of hydrogen-bond donors (Lipinski definition) is 2. The molecular weight excluding hydrogens is 408 g/mol. The molecule has 32 heavy (non-hydrogen) atoms. The highest BCUT2D eigenvalue weighted by Crippen LogP contribution is 2.56. The molecular formula is C24H20N4O4. The van der Waals surface area contributed by atoms with Crippen molar-refractivity contribution in [3.05, 3.63) is 64.9 Å². The van der Waals surface area contributed by atoms with Gasteiger partial charge in [0.1, 0.15) is 23.3 Å². The number of carbonyl (C=O) groups is 1. The van der Waals surface area contributed by atoms with Gasteiger partial charge < -0.3 is 19.9 Å². The highest BCUT2D eigenvalue weighted by molar-refractivity contribution is 6.11. The zero-order chi connectivity index (χ0) is 22.4. The number of benzene rings is 2. The third-order valence-corrected chi connectivity index (χ3v) is 5.90. The van der Waals surface area contributed by atoms with Gasteiger partial charge in [-0.2, -0.15) is 10.4 Å². The second-order valence-electron chi connectivity index (χ2n) is 7.63. The number of aliphatic hydroxyl groups is 1. The molecule has 0 bridgehead atoms. The molecule has 1 amide bonds. The summed E-state index contributed by atoms with van der Waals surface area (Å²) in [5.41, 5.74) is 3.76. The van der Waals surface area contributed by atoms with E-state index in [2.05, 4.69) is 10.4 Å². The summed E-state index contributed by atoms with van der Waals surface area (Å²) < 4.78 is 13.1. The smallest absolute Gasteiger partial charge is 0.270 e. The molecule has 2 aliphatic rings. The highest BCUT2D eigenvalue weighted by atomic mass is 16.5. The number of rotatable bonds is 4. The number of aliphatic hydroxyl groups excluding tert-OH is 1. The number of ether oxygens (including phenoxy) is 2. The van der Waals surface area contributed by atoms with E-state index in [1.807, 2.05) is 24.3 Å². The van der Waals surface area contributed by atoms with Gasteiger partial charge in [-0.3, -0.25) is 9.48 Å². The Hall–Kier alpha value is -4.25. The molecule has 0 radical (unpaired) electrons. The number of nitrogens with zero attached hydrogens (tertiary/aromatic N) is 3. The van der Waals surface area contributed by atoms with Crippen molar-refractivity contribution >= 4 is 17.4 Å². The van der Waals surface area contributed by atoms with Crippen molar-refractivity contribution in [2.24, 2.45) is 7.05 Å². The summed E-state index contributed by atoms with van der Waals surface area (Å²) in [6.45, 7) is 0.515. The van der Waals surface area contributed by atoms with Gasteiger partial charge in [-0.1, -0.05) is 18.2 Å². The van der Waals surface area contributed by atoms with E-state index in [1.54, 1.807) is 43.1 Å². The maximum absolute atomic E-state index is 12.8. The van der Waals surface area contributed by atoms with E-state index in [0.717, 1.165) is 28.1 Å². The molecule has 2 heterocycles. The first kappa shape index (κ1) is 19.7. The van der Waals surface area contributed by atoms with Crippen LogP contribution in [0.1, 0.15) is 29.2 Å². The van der Waals surface area contributed by atoms with E-state index < -0.39 is 17.2 Å². The lowest BCUT2D eigenvalue weighted by Gasteiger charge is -2.24. The topological polar surface area (TPSA) is 109 Å². The molecule has 2 aromatic carbocycles. The Kier molecular flexibility index (Phi) is 4.59. The summed E-state index contributed by atoms with van der Waals surface area (Å²) in [7, 11) is 3.37. The number of aryl methyl sites for hydroxylation is 1. The van der Waals surface area contributed by atoms with Crippen molar-refractivity contribution in [3.63, 3.8) is 0 Å². The Morgan fingerprint density at radius 2 is 2.06 bits per heavy atom. The molecule has 1 unspecified atom stereocenters. The van der Waals surface area contributed by atoms with Gasteiger partial charge in [0.25, 0.3) is 5.91 Å². The standard InChI is InChI=1S/C24H20N4O4/c1-28-22-19(14-10-11-32-17-9-8-16(31-2)20(22)18(14)17)21(27-28)23(29)15(12-25)24(30)26-13-6-4-3-5-7-13/h3-9,14,29H,10-11H2,1-2H3,(H,26,30). The molecule has 2 N–H and O–H groups in total. The van der Waals surface area contributed by atoms with Gasteiger partial charge in [0.05, 0.1) is 19.4 Å². The minimum absolute atomic E-state index is 0.0816. The monoisotopic (exact) mass is 428 g/mol. The molecule has 1 aliphatic carbocycles. The summed E-state index contributed by atoms with van der Waals surface area (Å²) in [6, 6.07) is 14.3. The molecule has 3 aromatic rings. The van der Waals surface area contributed by atoms with E-state index in [0.29, 0.717) is 24.5 Å². The summed E-state index contributed by atoms with van der Waals surface area (Å²) in [5.74, 6) is 0.221. The lowest BCUT2D eigenvalue weighted by atomic mass is 9.90. The molecule has 1 aliphatic heterocycles. The average Bonchev–Trinajstić information content (AvgIpc) is 3.33. The van der Waals surface area contributed by atoms with Gasteiger partial charge in [-0.15, -0.1) is 0 Å². The lowest BCUT2D eigenvalue weighted by molar-refractivity contribution is -0.112. The lowest BCUT2D eigenvalue weighted by Crippen LogP contribution is -2.17. The first-order valence-electron chi connectivity index (χ1n) is 10.2. The second-order valence-corrected chi connectivity index (χ2v) is 7.63. The number of amides is 1. The molecule has 8 heteroatoms. The number of carbonyl (C=O) groups excluding carboxylic acids is 1. The van der Waals surface area contributed by atoms with Crippen LogP contribution in [0.2, 0.25) is 0 Å². The fraction of sp³-hybridized carbons (Fsp3) is 0.208. The number of para-hydroxylation sites is 1. The van der Waals surface area contributed by atoms with Crippen molar-refractivity contribution in [2.75, 3.05) is 19.0 Å². The molecule has 5 rings (SSSR count). The summed E-state index contributed by atoms with van der Waals surface area (Å²) in [6.07, 6.45) is 0.685. The molecule has 1 aromatic heterocycles. The number of anilines is 1. The zero-order valence-electron chi connectivity index (χ0n) is 17.5. The van der Waals surface area contributed by atoms with Crippen LogP contribution in [0.15, 0.2) is 48.0 Å². The third-order valence-electron chi connectivity index (χ3n) is 5.90. The Labute approximate surface area is 184 Å². The van der Waals surface area contributed by atoms with Gasteiger partial charge in [-0.25, -0.2) is 0 Å². The van der Waals surface area contributed by atoms with E-state index >= 15 is 0 Å². The SMILES string of the molecule is COc1ccc2c3c1-c1c(c(C(O)=C(C#N)C(=O)Nc4ccccc4)nn1C)C3CCO2. The summed E-state index contributed by atoms with van der Waals surface area (Å²) in [4.78, 5) is 12.8. The predicted molar refractivity (Wildman–Crippen MR) is 117 cm³/mol. The maximum Gasteiger partial charge on any atom is 0.270 e. The highest BCUT2D eigenvalue weighted by Gasteiger charge is 2.42. The van der Waals surface area contributed by atoms with Crippen LogP contribution in [0.3, 0.4) is 0 Å². The summed E-state index contributed by atoms with van der Waals surface area (Å²) >= 11 is 0. The minimum Gasteiger partial charge on any atom is -0.504 e. The van der Waals surface area contributed by atoms with Gasteiger partial charge in [0.15, 0.2) is 11.3 Å². The minimum atomic E-state index is -0.698. The molecule has 0 fully saturated rings. The van der Waals surface area contributed by atoms with Gasteiger partial charge in [0, 0.05) is 35.3 Å². The number of fused-ring (bicyclic) bond motifs is 3. The molecule has 160 valence electrons. The van der Waals surface area contributed by atoms with E-state index in [4.69, 9.17) is 9.47 Å². The molecule has 0 saturated heterocycles. The predicted octanol–water partition coefficient (Wildman–Crippen LogP) is 3.75. The molecule has 0 saturated carbocycles. The Balaban J connectivity index is 1.65. The number of hydrogen-bond acceptors (Lipinski definition) is 6. The van der Waals surface area contributed by atoms with Crippen molar-refractivity contribution in [3.8, 4) is 28.8 Å². The Bertz CT molecular complexity index is 1320. The first-order valence-corrected chi connectivity index (χ1v) is 10.2. The fourth-order valence-corrected chi connectivity index (χ4v) is 4.57. The van der Waals surface area contributed by atoms with Crippen LogP contribution in [0.4, 0.5) is 5.69 Å². The van der Waals surface area contributed by atoms with Crippen LogP contribution in [0, 0.1) is 11.3 Å². The largest absolute Gasteiger partial charge is 0.504 e. The van der Waals surface area contributed by atoms with Crippen molar-refractivity contribution in [1.29, 1.82) is 5.26 Å². The number of aromatic nitrogens is 2. The molecule has 8 nitrogen and oxygen atoms in total. The first-order chi connectivity index (χ1) is 15.5. The normalized spacial score (nSPS) is 16.2. The van der Waals surface area contributed by atoms with E-state index in [1.165, 1.54) is 0 Å². The van der Waals surface area contributed by atoms with Crippen molar-refractivity contribution in [2.45, 2.75) is 12.3 Å². The van der Waals surface area contributed by atoms with E-state index in [9.17, 15) is 15.2 Å². The zero-order valence-corrected chi connectivity index (χ0v) is 17.5. The average molecular weight is 428 g/mol. The van der Waals surface area contributed by atoms with Gasteiger partial charge >= 0.3 is 0 Å². The maximum atomic E-state index is 12.8. The van der Waals surface area contributed by atoms with Gasteiger partial charge in [0.2, 0.25) is 0 Å². The summed E-state index contributed by atoms with van der Waals surface area (Å²) in [5, 5.41) is 27.9. The van der Waals surface area contributed by atoms with Crippen LogP contribution in [0.25, 0.3) is 17.0 Å². The van der Waals surface area contributed by atoms with Crippen LogP contribution >= 0.6 is 0 Å². The van der Waals surface area contributed by atoms with Crippen LogP contribution < -0.4 is 14.8 Å². The van der Waals surface area contributed by atoms with Crippen LogP contribution in [-0.2, 0) is 11.8 Å². The number of methoxy groups -OCH3 is 1. The quantitative estimate of drug-likeness (QED) is 0.372. The number of nitrogens with one attached hydrogen (secondary N) is 1. The van der Waals surface area contributed by atoms with Gasteiger partial charge in [-0.05, 0) is 30.7 Å². The van der Waals surface area contributed by atoms with Crippen LogP contribution in [0.5, 0.6) is 11.5 Å².